The van der Waals surface area contributed by atoms with Gasteiger partial charge in [-0.15, -0.1) is 0 Å². The topological polar surface area (TPSA) is 59.9 Å². The lowest BCUT2D eigenvalue weighted by Crippen LogP contribution is -2.24. The lowest BCUT2D eigenvalue weighted by atomic mass is 10.1. The maximum atomic E-state index is 11.8. The van der Waals surface area contributed by atoms with Crippen LogP contribution >= 0.6 is 11.6 Å². The quantitative estimate of drug-likeness (QED) is 0.643. The van der Waals surface area contributed by atoms with Crippen molar-refractivity contribution < 1.29 is 14.3 Å². The van der Waals surface area contributed by atoms with Crippen LogP contribution in [0.1, 0.15) is 16.7 Å². The molecule has 2 aromatic rings. The standard InChI is InChI=1S/C18H19ClN2O3/c1-12-4-6-16(13(2)8-12)24-11-18(22)21-20-10-14-5-7-17(23-3)15(19)9-14/h4-10H,11H2,1-3H3,(H,21,22)/b20-10-. The van der Waals surface area contributed by atoms with Crippen LogP contribution in [0.3, 0.4) is 0 Å². The minimum Gasteiger partial charge on any atom is -0.495 e. The number of rotatable bonds is 6. The van der Waals surface area contributed by atoms with Crippen molar-refractivity contribution in [3.63, 3.8) is 0 Å². The second-order valence-electron chi connectivity index (χ2n) is 5.24. The Labute approximate surface area is 146 Å². The Morgan fingerprint density at radius 3 is 2.62 bits per heavy atom. The molecule has 0 aliphatic carbocycles. The first-order valence-corrected chi connectivity index (χ1v) is 7.73. The summed E-state index contributed by atoms with van der Waals surface area (Å²) in [5.41, 5.74) is 5.29. The number of amides is 1. The molecule has 0 aromatic heterocycles. The molecule has 2 aromatic carbocycles. The average molecular weight is 347 g/mol. The van der Waals surface area contributed by atoms with Crippen LogP contribution in [0.15, 0.2) is 41.5 Å². The molecule has 0 saturated heterocycles. The van der Waals surface area contributed by atoms with E-state index in [0.717, 1.165) is 16.7 Å². The SMILES string of the molecule is COc1ccc(/C=N\NC(=O)COc2ccc(C)cc2C)cc1Cl. The zero-order valence-corrected chi connectivity index (χ0v) is 14.6. The van der Waals surface area contributed by atoms with Crippen molar-refractivity contribution in [2.45, 2.75) is 13.8 Å². The highest BCUT2D eigenvalue weighted by Gasteiger charge is 2.04. The van der Waals surface area contributed by atoms with E-state index in [1.54, 1.807) is 25.3 Å². The zero-order chi connectivity index (χ0) is 17.5. The lowest BCUT2D eigenvalue weighted by Gasteiger charge is -2.08. The highest BCUT2D eigenvalue weighted by molar-refractivity contribution is 6.32. The first-order valence-electron chi connectivity index (χ1n) is 7.35. The Bertz CT molecular complexity index is 760. The maximum Gasteiger partial charge on any atom is 0.277 e. The molecule has 0 atom stereocenters. The van der Waals surface area contributed by atoms with Gasteiger partial charge in [0, 0.05) is 0 Å². The molecule has 6 heteroatoms. The summed E-state index contributed by atoms with van der Waals surface area (Å²) in [7, 11) is 1.55. The number of hydrogen-bond acceptors (Lipinski definition) is 4. The first kappa shape index (κ1) is 17.8. The van der Waals surface area contributed by atoms with Crippen molar-refractivity contribution in [1.82, 2.24) is 5.43 Å². The summed E-state index contributed by atoms with van der Waals surface area (Å²) in [6, 6.07) is 11.0. The van der Waals surface area contributed by atoms with Gasteiger partial charge in [-0.3, -0.25) is 4.79 Å². The van der Waals surface area contributed by atoms with Gasteiger partial charge in [-0.2, -0.15) is 5.10 Å². The van der Waals surface area contributed by atoms with Crippen molar-refractivity contribution in [2.24, 2.45) is 5.10 Å². The molecule has 1 N–H and O–H groups in total. The smallest absolute Gasteiger partial charge is 0.277 e. The largest absolute Gasteiger partial charge is 0.495 e. The number of halogens is 1. The van der Waals surface area contributed by atoms with E-state index >= 15 is 0 Å². The van der Waals surface area contributed by atoms with Gasteiger partial charge in [-0.25, -0.2) is 5.43 Å². The van der Waals surface area contributed by atoms with E-state index in [1.165, 1.54) is 6.21 Å². The van der Waals surface area contributed by atoms with E-state index in [1.807, 2.05) is 32.0 Å². The lowest BCUT2D eigenvalue weighted by molar-refractivity contribution is -0.123. The Hall–Kier alpha value is -2.53. The number of ether oxygens (including phenoxy) is 2. The van der Waals surface area contributed by atoms with Crippen LogP contribution in [-0.4, -0.2) is 25.8 Å². The van der Waals surface area contributed by atoms with E-state index in [-0.39, 0.29) is 12.5 Å². The van der Waals surface area contributed by atoms with Gasteiger partial charge in [0.25, 0.3) is 5.91 Å². The average Bonchev–Trinajstić information content (AvgIpc) is 2.54. The van der Waals surface area contributed by atoms with Crippen molar-refractivity contribution in [3.05, 3.63) is 58.1 Å². The molecule has 126 valence electrons. The fraction of sp³-hybridized carbons (Fsp3) is 0.222. The van der Waals surface area contributed by atoms with E-state index in [2.05, 4.69) is 10.5 Å². The molecule has 0 saturated carbocycles. The molecular weight excluding hydrogens is 328 g/mol. The van der Waals surface area contributed by atoms with Crippen molar-refractivity contribution in [1.29, 1.82) is 0 Å². The predicted molar refractivity (Wildman–Crippen MR) is 95.2 cm³/mol. The molecule has 0 aliphatic heterocycles. The van der Waals surface area contributed by atoms with Gasteiger partial charge in [-0.05, 0) is 49.2 Å². The number of aryl methyl sites for hydroxylation is 2. The van der Waals surface area contributed by atoms with Crippen LogP contribution in [0.25, 0.3) is 0 Å². The molecule has 2 rings (SSSR count). The number of nitrogens with zero attached hydrogens (tertiary/aromatic N) is 1. The fourth-order valence-corrected chi connectivity index (χ4v) is 2.34. The molecule has 24 heavy (non-hydrogen) atoms. The van der Waals surface area contributed by atoms with Crippen LogP contribution < -0.4 is 14.9 Å². The summed E-state index contributed by atoms with van der Waals surface area (Å²) in [4.78, 5) is 11.8. The number of hydrazone groups is 1. The number of carbonyl (C=O) groups excluding carboxylic acids is 1. The van der Waals surface area contributed by atoms with E-state index in [0.29, 0.717) is 16.5 Å². The molecule has 0 fully saturated rings. The Morgan fingerprint density at radius 1 is 1.21 bits per heavy atom. The maximum absolute atomic E-state index is 11.8. The number of methoxy groups -OCH3 is 1. The molecule has 0 bridgehead atoms. The summed E-state index contributed by atoms with van der Waals surface area (Å²) in [5, 5.41) is 4.36. The van der Waals surface area contributed by atoms with Crippen LogP contribution in [0.5, 0.6) is 11.5 Å². The molecule has 5 nitrogen and oxygen atoms in total. The highest BCUT2D eigenvalue weighted by Crippen LogP contribution is 2.24. The van der Waals surface area contributed by atoms with E-state index in [9.17, 15) is 4.79 Å². The molecule has 1 amide bonds. The number of hydrogen-bond donors (Lipinski definition) is 1. The van der Waals surface area contributed by atoms with E-state index in [4.69, 9.17) is 21.1 Å². The number of carbonyl (C=O) groups is 1. The third kappa shape index (κ3) is 4.99. The van der Waals surface area contributed by atoms with Crippen molar-refractivity contribution >= 4 is 23.7 Å². The second-order valence-corrected chi connectivity index (χ2v) is 5.65. The summed E-state index contributed by atoms with van der Waals surface area (Å²) in [6.07, 6.45) is 1.50. The van der Waals surface area contributed by atoms with Crippen LogP contribution in [0, 0.1) is 13.8 Å². The third-order valence-electron chi connectivity index (χ3n) is 3.27. The molecule has 0 unspecified atom stereocenters. The summed E-state index contributed by atoms with van der Waals surface area (Å²) >= 11 is 6.02. The predicted octanol–water partition coefficient (Wildman–Crippen LogP) is 3.49. The van der Waals surface area contributed by atoms with Gasteiger partial charge in [0.15, 0.2) is 6.61 Å². The van der Waals surface area contributed by atoms with Crippen LogP contribution in [-0.2, 0) is 4.79 Å². The summed E-state index contributed by atoms with van der Waals surface area (Å²) in [6.45, 7) is 3.83. The van der Waals surface area contributed by atoms with Crippen molar-refractivity contribution in [2.75, 3.05) is 13.7 Å². The first-order chi connectivity index (χ1) is 11.5. The van der Waals surface area contributed by atoms with E-state index < -0.39 is 0 Å². The highest BCUT2D eigenvalue weighted by atomic mass is 35.5. The Kier molecular flexibility index (Phi) is 6.21. The van der Waals surface area contributed by atoms with Gasteiger partial charge in [-0.1, -0.05) is 29.3 Å². The van der Waals surface area contributed by atoms with Crippen LogP contribution in [0.2, 0.25) is 5.02 Å². The number of nitrogens with one attached hydrogen (secondary N) is 1. The van der Waals surface area contributed by atoms with Crippen LogP contribution in [0.4, 0.5) is 0 Å². The normalized spacial score (nSPS) is 10.7. The minimum absolute atomic E-state index is 0.107. The van der Waals surface area contributed by atoms with Gasteiger partial charge < -0.3 is 9.47 Å². The van der Waals surface area contributed by atoms with Gasteiger partial charge in [0.2, 0.25) is 0 Å². The summed E-state index contributed by atoms with van der Waals surface area (Å²) < 4.78 is 10.6. The van der Waals surface area contributed by atoms with Gasteiger partial charge in [0.05, 0.1) is 18.3 Å². The molecular formula is C18H19ClN2O3. The van der Waals surface area contributed by atoms with Crippen molar-refractivity contribution in [3.8, 4) is 11.5 Å². The third-order valence-corrected chi connectivity index (χ3v) is 3.56. The Balaban J connectivity index is 1.85. The van der Waals surface area contributed by atoms with Gasteiger partial charge >= 0.3 is 0 Å². The summed E-state index contributed by atoms with van der Waals surface area (Å²) in [5.74, 6) is 0.923. The Morgan fingerprint density at radius 2 is 1.96 bits per heavy atom. The number of benzene rings is 2. The monoisotopic (exact) mass is 346 g/mol. The molecule has 0 aliphatic rings. The zero-order valence-electron chi connectivity index (χ0n) is 13.8. The fourth-order valence-electron chi connectivity index (χ4n) is 2.08. The molecule has 0 spiro atoms. The molecule has 0 heterocycles. The minimum atomic E-state index is -0.342. The van der Waals surface area contributed by atoms with Gasteiger partial charge in [0.1, 0.15) is 11.5 Å². The molecule has 0 radical (unpaired) electrons. The second kappa shape index (κ2) is 8.36.